The van der Waals surface area contributed by atoms with Crippen LogP contribution in [0.3, 0.4) is 0 Å². The molecule has 29 heavy (non-hydrogen) atoms. The molecule has 0 saturated heterocycles. The number of aromatic nitrogens is 4. The maximum Gasteiger partial charge on any atom is 0.257 e. The maximum atomic E-state index is 11.6. The third kappa shape index (κ3) is 4.13. The van der Waals surface area contributed by atoms with E-state index in [9.17, 15) is 8.42 Å². The molecule has 4 rings (SSSR count). The van der Waals surface area contributed by atoms with Crippen molar-refractivity contribution in [3.63, 3.8) is 0 Å². The van der Waals surface area contributed by atoms with Gasteiger partial charge in [0.1, 0.15) is 0 Å². The Morgan fingerprint density at radius 2 is 1.93 bits per heavy atom. The Balaban J connectivity index is 1.48. The Morgan fingerprint density at radius 3 is 2.52 bits per heavy atom. The van der Waals surface area contributed by atoms with Gasteiger partial charge in [0.05, 0.1) is 4.90 Å². The fourth-order valence-corrected chi connectivity index (χ4v) is 4.00. The summed E-state index contributed by atoms with van der Waals surface area (Å²) in [6.07, 6.45) is 7.00. The van der Waals surface area contributed by atoms with Crippen molar-refractivity contribution in [2.45, 2.75) is 24.7 Å². The SMILES string of the molecule is CC(C)c1noc(C2=CCN(c3nc(-c4ccc(S(C)(=O)=O)cc4)ns3)C=C2)n1. The minimum absolute atomic E-state index is 0.212. The second kappa shape index (κ2) is 7.53. The predicted molar refractivity (Wildman–Crippen MR) is 111 cm³/mol. The average Bonchev–Trinajstić information content (AvgIpc) is 3.38. The summed E-state index contributed by atoms with van der Waals surface area (Å²) in [5.74, 6) is 1.97. The first-order chi connectivity index (χ1) is 13.8. The molecular formula is C19H19N5O3S2. The van der Waals surface area contributed by atoms with Crippen LogP contribution in [0, 0.1) is 0 Å². The van der Waals surface area contributed by atoms with Crippen LogP contribution in [0.5, 0.6) is 0 Å². The van der Waals surface area contributed by atoms with Crippen LogP contribution < -0.4 is 4.90 Å². The zero-order valence-corrected chi connectivity index (χ0v) is 17.7. The molecule has 0 bridgehead atoms. The third-order valence-electron chi connectivity index (χ3n) is 4.35. The molecule has 0 atom stereocenters. The molecular weight excluding hydrogens is 410 g/mol. The van der Waals surface area contributed by atoms with Gasteiger partial charge in [0.15, 0.2) is 21.5 Å². The molecule has 0 amide bonds. The number of rotatable bonds is 5. The van der Waals surface area contributed by atoms with Gasteiger partial charge in [-0.2, -0.15) is 14.3 Å². The van der Waals surface area contributed by atoms with Gasteiger partial charge in [0.25, 0.3) is 5.89 Å². The van der Waals surface area contributed by atoms with Crippen LogP contribution in [-0.4, -0.2) is 40.7 Å². The minimum atomic E-state index is -3.22. The van der Waals surface area contributed by atoms with Gasteiger partial charge in [-0.3, -0.25) is 0 Å². The van der Waals surface area contributed by atoms with Crippen LogP contribution in [0.1, 0.15) is 31.5 Å². The Labute approximate surface area is 172 Å². The largest absolute Gasteiger partial charge is 0.334 e. The van der Waals surface area contributed by atoms with Crippen LogP contribution in [0.15, 0.2) is 52.0 Å². The van der Waals surface area contributed by atoms with Crippen molar-refractivity contribution in [3.05, 3.63) is 54.3 Å². The number of sulfone groups is 1. The highest BCUT2D eigenvalue weighted by Gasteiger charge is 2.18. The normalized spacial score (nSPS) is 14.5. The Kier molecular flexibility index (Phi) is 5.05. The van der Waals surface area contributed by atoms with E-state index in [2.05, 4.69) is 19.5 Å². The quantitative estimate of drug-likeness (QED) is 0.607. The topological polar surface area (TPSA) is 102 Å². The lowest BCUT2D eigenvalue weighted by molar-refractivity contribution is 0.398. The number of benzene rings is 1. The van der Waals surface area contributed by atoms with Gasteiger partial charge in [-0.05, 0) is 30.3 Å². The lowest BCUT2D eigenvalue weighted by Crippen LogP contribution is -2.18. The van der Waals surface area contributed by atoms with Crippen molar-refractivity contribution in [2.75, 3.05) is 17.7 Å². The van der Waals surface area contributed by atoms with Crippen LogP contribution >= 0.6 is 11.5 Å². The number of allylic oxidation sites excluding steroid dienone is 2. The maximum absolute atomic E-state index is 11.6. The molecule has 0 unspecified atom stereocenters. The first-order valence-corrected chi connectivity index (χ1v) is 11.6. The monoisotopic (exact) mass is 429 g/mol. The minimum Gasteiger partial charge on any atom is -0.334 e. The highest BCUT2D eigenvalue weighted by molar-refractivity contribution is 7.90. The van der Waals surface area contributed by atoms with E-state index in [0.717, 1.165) is 16.3 Å². The lowest BCUT2D eigenvalue weighted by atomic mass is 10.2. The Morgan fingerprint density at radius 1 is 1.17 bits per heavy atom. The van der Waals surface area contributed by atoms with E-state index >= 15 is 0 Å². The first kappa shape index (κ1) is 19.5. The second-order valence-electron chi connectivity index (χ2n) is 6.94. The Hall–Kier alpha value is -2.85. The van der Waals surface area contributed by atoms with E-state index in [1.807, 2.05) is 37.1 Å². The molecule has 1 aliphatic heterocycles. The lowest BCUT2D eigenvalue weighted by Gasteiger charge is -2.18. The summed E-state index contributed by atoms with van der Waals surface area (Å²) in [7, 11) is -3.22. The van der Waals surface area contributed by atoms with Gasteiger partial charge in [0, 0.05) is 47.6 Å². The van der Waals surface area contributed by atoms with E-state index in [0.29, 0.717) is 24.1 Å². The Bertz CT molecular complexity index is 1190. The van der Waals surface area contributed by atoms with E-state index in [-0.39, 0.29) is 10.8 Å². The van der Waals surface area contributed by atoms with E-state index < -0.39 is 9.84 Å². The summed E-state index contributed by atoms with van der Waals surface area (Å²) in [5.41, 5.74) is 1.64. The molecule has 10 heteroatoms. The van der Waals surface area contributed by atoms with Gasteiger partial charge in [-0.1, -0.05) is 25.1 Å². The third-order valence-corrected chi connectivity index (χ3v) is 6.23. The predicted octanol–water partition coefficient (Wildman–Crippen LogP) is 3.53. The highest BCUT2D eigenvalue weighted by Crippen LogP contribution is 2.28. The first-order valence-electron chi connectivity index (χ1n) is 8.94. The van der Waals surface area contributed by atoms with Crippen LogP contribution in [-0.2, 0) is 9.84 Å². The zero-order chi connectivity index (χ0) is 20.6. The van der Waals surface area contributed by atoms with Crippen LogP contribution in [0.2, 0.25) is 0 Å². The van der Waals surface area contributed by atoms with Crippen LogP contribution in [0.25, 0.3) is 17.0 Å². The number of nitrogens with zero attached hydrogens (tertiary/aromatic N) is 5. The fraction of sp³-hybridized carbons (Fsp3) is 0.263. The fourth-order valence-electron chi connectivity index (χ4n) is 2.68. The van der Waals surface area contributed by atoms with Crippen molar-refractivity contribution >= 4 is 32.1 Å². The molecule has 1 aromatic carbocycles. The van der Waals surface area contributed by atoms with Gasteiger partial charge >= 0.3 is 0 Å². The molecule has 0 saturated carbocycles. The number of hydrogen-bond acceptors (Lipinski definition) is 9. The van der Waals surface area contributed by atoms with Crippen LogP contribution in [0.4, 0.5) is 5.13 Å². The molecule has 3 heterocycles. The molecule has 0 radical (unpaired) electrons. The second-order valence-corrected chi connectivity index (χ2v) is 9.68. The van der Waals surface area contributed by atoms with E-state index in [4.69, 9.17) is 4.52 Å². The molecule has 0 fully saturated rings. The smallest absolute Gasteiger partial charge is 0.257 e. The molecule has 8 nitrogen and oxygen atoms in total. The molecule has 0 spiro atoms. The van der Waals surface area contributed by atoms with E-state index in [1.54, 1.807) is 24.3 Å². The average molecular weight is 430 g/mol. The number of anilines is 1. The van der Waals surface area contributed by atoms with Gasteiger partial charge < -0.3 is 9.42 Å². The summed E-state index contributed by atoms with van der Waals surface area (Å²) < 4.78 is 32.9. The van der Waals surface area contributed by atoms with E-state index in [1.165, 1.54) is 17.8 Å². The van der Waals surface area contributed by atoms with Crippen molar-refractivity contribution in [1.82, 2.24) is 19.5 Å². The summed E-state index contributed by atoms with van der Waals surface area (Å²) in [6.45, 7) is 4.64. The van der Waals surface area contributed by atoms with Gasteiger partial charge in [0.2, 0.25) is 5.13 Å². The summed E-state index contributed by atoms with van der Waals surface area (Å²) in [4.78, 5) is 11.2. The van der Waals surface area contributed by atoms with Crippen molar-refractivity contribution < 1.29 is 12.9 Å². The van der Waals surface area contributed by atoms with Gasteiger partial charge in [-0.25, -0.2) is 8.42 Å². The summed E-state index contributed by atoms with van der Waals surface area (Å²) >= 11 is 1.28. The van der Waals surface area contributed by atoms with Crippen molar-refractivity contribution in [1.29, 1.82) is 0 Å². The molecule has 3 aromatic rings. The summed E-state index contributed by atoms with van der Waals surface area (Å²) in [5, 5.41) is 4.74. The molecule has 0 N–H and O–H groups in total. The van der Waals surface area contributed by atoms with Gasteiger partial charge in [-0.15, -0.1) is 0 Å². The molecule has 1 aliphatic rings. The molecule has 150 valence electrons. The standard InChI is InChI=1S/C19H19N5O3S2/c1-12(2)16-20-18(27-22-16)14-8-10-24(11-9-14)19-21-17(23-28-19)13-4-6-15(7-5-13)29(3,25)26/h4-10,12H,11H2,1-3H3. The number of hydrogen-bond donors (Lipinski definition) is 0. The van der Waals surface area contributed by atoms with Crippen molar-refractivity contribution in [2.24, 2.45) is 0 Å². The zero-order valence-electron chi connectivity index (χ0n) is 16.1. The highest BCUT2D eigenvalue weighted by atomic mass is 32.2. The van der Waals surface area contributed by atoms with Crippen molar-refractivity contribution in [3.8, 4) is 11.4 Å². The molecule has 0 aliphatic carbocycles. The molecule has 2 aromatic heterocycles. The summed E-state index contributed by atoms with van der Waals surface area (Å²) in [6, 6.07) is 6.57.